The molecule has 39 heavy (non-hydrogen) atoms. The maximum absolute atomic E-state index is 13.5. The number of benzene rings is 3. The Hall–Kier alpha value is -4.12. The van der Waals surface area contributed by atoms with Crippen molar-refractivity contribution in [1.82, 2.24) is 23.5 Å². The summed E-state index contributed by atoms with van der Waals surface area (Å²) in [7, 11) is -3.59. The minimum Gasteiger partial charge on any atom is -0.267 e. The summed E-state index contributed by atoms with van der Waals surface area (Å²) in [4.78, 5) is 18.9. The number of hydrogen-bond donors (Lipinski definition) is 0. The maximum Gasteiger partial charge on any atom is 0.274 e. The number of nitrogens with zero attached hydrogens (tertiary/aromatic N) is 5. The highest BCUT2D eigenvalue weighted by Crippen LogP contribution is 2.29. The molecule has 0 unspecified atom stereocenters. The molecule has 0 atom stereocenters. The van der Waals surface area contributed by atoms with Gasteiger partial charge in [0.15, 0.2) is 4.96 Å². The van der Waals surface area contributed by atoms with Crippen LogP contribution in [0.5, 0.6) is 0 Å². The number of hydrogen-bond acceptors (Lipinski definition) is 6. The molecule has 1 aliphatic heterocycles. The Bertz CT molecular complexity index is 2070. The van der Waals surface area contributed by atoms with E-state index in [9.17, 15) is 13.2 Å². The molecule has 1 aliphatic rings. The van der Waals surface area contributed by atoms with Gasteiger partial charge in [-0.2, -0.15) is 9.40 Å². The van der Waals surface area contributed by atoms with Crippen LogP contribution in [-0.2, 0) is 10.0 Å². The lowest BCUT2D eigenvalue weighted by Crippen LogP contribution is -2.27. The average molecular weight is 554 g/mol. The standard InChI is InChI=1S/C29H23N5O3S2/c35-28-26(38-29-30-24-13-4-5-14-25(24)34(28)29)18-21-19-33(22-10-2-1-3-11-22)31-27(21)20-9-8-12-23(17-20)39(36,37)32-15-6-7-16-32/h1-5,8-14,17-19H,6-7,15-16H2/b26-18-. The Morgan fingerprint density at radius 3 is 2.49 bits per heavy atom. The van der Waals surface area contributed by atoms with Crippen molar-refractivity contribution in [3.63, 3.8) is 0 Å². The van der Waals surface area contributed by atoms with Crippen LogP contribution in [0.4, 0.5) is 0 Å². The highest BCUT2D eigenvalue weighted by atomic mass is 32.2. The monoisotopic (exact) mass is 553 g/mol. The quantitative estimate of drug-likeness (QED) is 0.321. The van der Waals surface area contributed by atoms with Crippen molar-refractivity contribution in [3.05, 3.63) is 106 Å². The van der Waals surface area contributed by atoms with Gasteiger partial charge in [0.05, 0.1) is 26.1 Å². The fraction of sp³-hybridized carbons (Fsp3) is 0.138. The Morgan fingerprint density at radius 2 is 1.67 bits per heavy atom. The number of sulfonamides is 1. The fourth-order valence-electron chi connectivity index (χ4n) is 5.06. The smallest absolute Gasteiger partial charge is 0.267 e. The van der Waals surface area contributed by atoms with E-state index in [1.165, 1.54) is 15.6 Å². The van der Waals surface area contributed by atoms with Crippen LogP contribution < -0.4 is 10.1 Å². The summed E-state index contributed by atoms with van der Waals surface area (Å²) >= 11 is 1.32. The van der Waals surface area contributed by atoms with Crippen molar-refractivity contribution in [2.45, 2.75) is 17.7 Å². The van der Waals surface area contributed by atoms with E-state index in [-0.39, 0.29) is 10.5 Å². The first-order chi connectivity index (χ1) is 19.0. The third-order valence-electron chi connectivity index (χ3n) is 7.01. The van der Waals surface area contributed by atoms with E-state index in [0.29, 0.717) is 39.4 Å². The lowest BCUT2D eigenvalue weighted by Gasteiger charge is -2.15. The number of rotatable bonds is 5. The second-order valence-electron chi connectivity index (χ2n) is 9.49. The number of thiazole rings is 1. The van der Waals surface area contributed by atoms with Crippen molar-refractivity contribution in [1.29, 1.82) is 0 Å². The van der Waals surface area contributed by atoms with Crippen LogP contribution in [0.15, 0.2) is 94.7 Å². The van der Waals surface area contributed by atoms with E-state index >= 15 is 0 Å². The lowest BCUT2D eigenvalue weighted by atomic mass is 10.1. The van der Waals surface area contributed by atoms with Gasteiger partial charge in [0, 0.05) is 30.4 Å². The molecule has 0 radical (unpaired) electrons. The number of para-hydroxylation sites is 3. The summed E-state index contributed by atoms with van der Waals surface area (Å²) < 4.78 is 32.0. The van der Waals surface area contributed by atoms with Crippen LogP contribution in [-0.4, -0.2) is 45.0 Å². The molecule has 0 bridgehead atoms. The predicted octanol–water partition coefficient (Wildman–Crippen LogP) is 4.09. The zero-order chi connectivity index (χ0) is 26.6. The van der Waals surface area contributed by atoms with Gasteiger partial charge in [-0.05, 0) is 55.3 Å². The molecule has 0 spiro atoms. The van der Waals surface area contributed by atoms with Crippen molar-refractivity contribution in [2.75, 3.05) is 13.1 Å². The average Bonchev–Trinajstić information content (AvgIpc) is 3.75. The first-order valence-electron chi connectivity index (χ1n) is 12.7. The van der Waals surface area contributed by atoms with Crippen LogP contribution in [0.3, 0.4) is 0 Å². The summed E-state index contributed by atoms with van der Waals surface area (Å²) in [6, 6.07) is 24.2. The van der Waals surface area contributed by atoms with Gasteiger partial charge in [-0.3, -0.25) is 4.79 Å². The molecule has 10 heteroatoms. The Balaban J connectivity index is 1.41. The van der Waals surface area contributed by atoms with E-state index in [4.69, 9.17) is 5.10 Å². The van der Waals surface area contributed by atoms with Gasteiger partial charge >= 0.3 is 0 Å². The van der Waals surface area contributed by atoms with Crippen LogP contribution >= 0.6 is 11.3 Å². The lowest BCUT2D eigenvalue weighted by molar-refractivity contribution is 0.477. The van der Waals surface area contributed by atoms with Crippen LogP contribution in [0.2, 0.25) is 0 Å². The predicted molar refractivity (Wildman–Crippen MR) is 153 cm³/mol. The Kier molecular flexibility index (Phi) is 5.69. The summed E-state index contributed by atoms with van der Waals surface area (Å²) in [6.45, 7) is 1.07. The summed E-state index contributed by atoms with van der Waals surface area (Å²) in [5.41, 5.74) is 4.22. The third kappa shape index (κ3) is 4.08. The Labute approximate surface area is 228 Å². The SMILES string of the molecule is O=c1/c(=C/c2cn(-c3ccccc3)nc2-c2cccc(S(=O)(=O)N3CCCC3)c2)sc2nc3ccccc3n12. The minimum atomic E-state index is -3.59. The molecular weight excluding hydrogens is 530 g/mol. The molecular formula is C29H23N5O3S2. The molecule has 1 fully saturated rings. The van der Waals surface area contributed by atoms with E-state index in [1.807, 2.05) is 72.9 Å². The van der Waals surface area contributed by atoms with Crippen LogP contribution in [0, 0.1) is 0 Å². The number of aromatic nitrogens is 4. The molecule has 3 aromatic heterocycles. The summed E-state index contributed by atoms with van der Waals surface area (Å²) in [5, 5.41) is 4.85. The highest BCUT2D eigenvalue weighted by Gasteiger charge is 2.27. The molecule has 0 aliphatic carbocycles. The maximum atomic E-state index is 13.5. The Morgan fingerprint density at radius 1 is 0.897 bits per heavy atom. The van der Waals surface area contributed by atoms with Gasteiger partial charge in [-0.1, -0.05) is 53.8 Å². The van der Waals surface area contributed by atoms with Crippen molar-refractivity contribution < 1.29 is 8.42 Å². The largest absolute Gasteiger partial charge is 0.274 e. The minimum absolute atomic E-state index is 0.146. The summed E-state index contributed by atoms with van der Waals surface area (Å²) in [5.74, 6) is 0. The molecule has 8 nitrogen and oxygen atoms in total. The van der Waals surface area contributed by atoms with E-state index in [2.05, 4.69) is 4.98 Å². The van der Waals surface area contributed by atoms with Crippen molar-refractivity contribution in [3.8, 4) is 16.9 Å². The van der Waals surface area contributed by atoms with E-state index in [1.54, 1.807) is 27.3 Å². The molecule has 0 N–H and O–H groups in total. The molecule has 7 rings (SSSR count). The first kappa shape index (κ1) is 24.0. The molecule has 4 heterocycles. The van der Waals surface area contributed by atoms with Gasteiger partial charge in [0.2, 0.25) is 10.0 Å². The molecule has 3 aromatic carbocycles. The van der Waals surface area contributed by atoms with Gasteiger partial charge in [0.1, 0.15) is 5.69 Å². The van der Waals surface area contributed by atoms with Gasteiger partial charge < -0.3 is 0 Å². The first-order valence-corrected chi connectivity index (χ1v) is 14.9. The number of imidazole rings is 1. The van der Waals surface area contributed by atoms with E-state index in [0.717, 1.165) is 29.6 Å². The molecule has 0 amide bonds. The highest BCUT2D eigenvalue weighted by molar-refractivity contribution is 7.89. The van der Waals surface area contributed by atoms with Crippen LogP contribution in [0.25, 0.3) is 39.0 Å². The van der Waals surface area contributed by atoms with Gasteiger partial charge in [-0.25, -0.2) is 22.5 Å². The third-order valence-corrected chi connectivity index (χ3v) is 9.87. The number of fused-ring (bicyclic) bond motifs is 3. The molecule has 6 aromatic rings. The second-order valence-corrected chi connectivity index (χ2v) is 12.4. The molecule has 0 saturated carbocycles. The summed E-state index contributed by atoms with van der Waals surface area (Å²) in [6.07, 6.45) is 5.43. The second kappa shape index (κ2) is 9.26. The van der Waals surface area contributed by atoms with Gasteiger partial charge in [0.25, 0.3) is 5.56 Å². The zero-order valence-electron chi connectivity index (χ0n) is 20.8. The molecule has 1 saturated heterocycles. The van der Waals surface area contributed by atoms with Crippen molar-refractivity contribution in [2.24, 2.45) is 0 Å². The zero-order valence-corrected chi connectivity index (χ0v) is 22.4. The topological polar surface area (TPSA) is 89.6 Å². The normalized spacial score (nSPS) is 15.1. The van der Waals surface area contributed by atoms with Crippen molar-refractivity contribution >= 4 is 43.4 Å². The fourth-order valence-corrected chi connectivity index (χ4v) is 7.61. The molecule has 194 valence electrons. The van der Waals surface area contributed by atoms with Crippen LogP contribution in [0.1, 0.15) is 18.4 Å². The van der Waals surface area contributed by atoms with E-state index < -0.39 is 10.0 Å². The van der Waals surface area contributed by atoms with Gasteiger partial charge in [-0.15, -0.1) is 0 Å².